The zero-order chi connectivity index (χ0) is 9.97. The summed E-state index contributed by atoms with van der Waals surface area (Å²) in [5.41, 5.74) is 1.21. The molecule has 0 amide bonds. The summed E-state index contributed by atoms with van der Waals surface area (Å²) in [5.74, 6) is 1.11. The summed E-state index contributed by atoms with van der Waals surface area (Å²) in [6.45, 7) is 4.36. The van der Waals surface area contributed by atoms with E-state index < -0.39 is 0 Å². The van der Waals surface area contributed by atoms with Crippen molar-refractivity contribution in [2.24, 2.45) is 0 Å². The van der Waals surface area contributed by atoms with Gasteiger partial charge in [0.25, 0.3) is 0 Å². The third-order valence-electron chi connectivity index (χ3n) is 2.61. The molecule has 1 saturated heterocycles. The Hall–Kier alpha value is -0.570. The molecular formula is C11H15BrN2. The van der Waals surface area contributed by atoms with Crippen molar-refractivity contribution in [1.82, 2.24) is 4.98 Å². The summed E-state index contributed by atoms with van der Waals surface area (Å²) in [6.07, 6.45) is 5.89. The van der Waals surface area contributed by atoms with Crippen LogP contribution >= 0.6 is 15.9 Å². The molecule has 1 aliphatic heterocycles. The van der Waals surface area contributed by atoms with Crippen molar-refractivity contribution < 1.29 is 0 Å². The lowest BCUT2D eigenvalue weighted by Crippen LogP contribution is -2.30. The fourth-order valence-electron chi connectivity index (χ4n) is 1.86. The fraction of sp³-hybridized carbons (Fsp3) is 0.545. The number of piperidine rings is 1. The van der Waals surface area contributed by atoms with Gasteiger partial charge in [0.15, 0.2) is 0 Å². The third-order valence-corrected chi connectivity index (χ3v) is 3.20. The molecule has 0 unspecified atom stereocenters. The number of pyridine rings is 1. The zero-order valence-corrected chi connectivity index (χ0v) is 10.0. The first-order valence-corrected chi connectivity index (χ1v) is 5.94. The SMILES string of the molecule is Cc1cnc(N2CCCCC2)c(Br)c1. The molecular weight excluding hydrogens is 240 g/mol. The Morgan fingerprint density at radius 1 is 1.29 bits per heavy atom. The minimum atomic E-state index is 1.11. The number of hydrogen-bond donors (Lipinski definition) is 0. The van der Waals surface area contributed by atoms with Gasteiger partial charge in [0.05, 0.1) is 4.47 Å². The van der Waals surface area contributed by atoms with E-state index in [1.807, 2.05) is 6.20 Å². The first kappa shape index (κ1) is 9.97. The fourth-order valence-corrected chi connectivity index (χ4v) is 2.58. The maximum atomic E-state index is 4.48. The van der Waals surface area contributed by atoms with E-state index in [2.05, 4.69) is 38.8 Å². The van der Waals surface area contributed by atoms with Crippen LogP contribution in [0.5, 0.6) is 0 Å². The van der Waals surface area contributed by atoms with Crippen LogP contribution in [0.25, 0.3) is 0 Å². The normalized spacial score (nSPS) is 17.1. The van der Waals surface area contributed by atoms with Crippen LogP contribution in [0.2, 0.25) is 0 Å². The second-order valence-corrected chi connectivity index (χ2v) is 4.72. The van der Waals surface area contributed by atoms with E-state index in [0.717, 1.165) is 23.4 Å². The lowest BCUT2D eigenvalue weighted by molar-refractivity contribution is 0.572. The average Bonchev–Trinajstić information content (AvgIpc) is 2.19. The molecule has 76 valence electrons. The zero-order valence-electron chi connectivity index (χ0n) is 8.46. The van der Waals surface area contributed by atoms with E-state index >= 15 is 0 Å². The molecule has 3 heteroatoms. The van der Waals surface area contributed by atoms with Gasteiger partial charge in [-0.1, -0.05) is 0 Å². The number of rotatable bonds is 1. The Balaban J connectivity index is 2.22. The van der Waals surface area contributed by atoms with E-state index in [-0.39, 0.29) is 0 Å². The molecule has 1 fully saturated rings. The van der Waals surface area contributed by atoms with Gasteiger partial charge in [-0.25, -0.2) is 4.98 Å². The summed E-state index contributed by atoms with van der Waals surface area (Å²) in [4.78, 5) is 6.85. The third kappa shape index (κ3) is 2.08. The second-order valence-electron chi connectivity index (χ2n) is 3.87. The molecule has 0 spiro atoms. The van der Waals surface area contributed by atoms with Crippen molar-refractivity contribution >= 4 is 21.7 Å². The smallest absolute Gasteiger partial charge is 0.142 e. The lowest BCUT2D eigenvalue weighted by atomic mass is 10.1. The van der Waals surface area contributed by atoms with Crippen molar-refractivity contribution in [2.45, 2.75) is 26.2 Å². The highest BCUT2D eigenvalue weighted by Crippen LogP contribution is 2.26. The Labute approximate surface area is 93.5 Å². The van der Waals surface area contributed by atoms with Crippen LogP contribution in [0.3, 0.4) is 0 Å². The minimum Gasteiger partial charge on any atom is -0.356 e. The number of halogens is 1. The van der Waals surface area contributed by atoms with Gasteiger partial charge in [-0.2, -0.15) is 0 Å². The van der Waals surface area contributed by atoms with Crippen molar-refractivity contribution in [2.75, 3.05) is 18.0 Å². The summed E-state index contributed by atoms with van der Waals surface area (Å²) < 4.78 is 1.12. The van der Waals surface area contributed by atoms with Gasteiger partial charge in [-0.15, -0.1) is 0 Å². The predicted octanol–water partition coefficient (Wildman–Crippen LogP) is 3.14. The van der Waals surface area contributed by atoms with Gasteiger partial charge in [0.2, 0.25) is 0 Å². The van der Waals surface area contributed by atoms with Crippen molar-refractivity contribution in [1.29, 1.82) is 0 Å². The lowest BCUT2D eigenvalue weighted by Gasteiger charge is -2.28. The molecule has 0 bridgehead atoms. The molecule has 0 radical (unpaired) electrons. The van der Waals surface area contributed by atoms with Gasteiger partial charge in [0.1, 0.15) is 5.82 Å². The molecule has 0 N–H and O–H groups in total. The van der Waals surface area contributed by atoms with Gasteiger partial charge in [0, 0.05) is 19.3 Å². The van der Waals surface area contributed by atoms with Crippen molar-refractivity contribution in [3.8, 4) is 0 Å². The summed E-state index contributed by atoms with van der Waals surface area (Å²) in [7, 11) is 0. The highest BCUT2D eigenvalue weighted by atomic mass is 79.9. The molecule has 2 nitrogen and oxygen atoms in total. The summed E-state index contributed by atoms with van der Waals surface area (Å²) in [5, 5.41) is 0. The van der Waals surface area contributed by atoms with E-state index in [1.165, 1.54) is 24.8 Å². The average molecular weight is 255 g/mol. The molecule has 14 heavy (non-hydrogen) atoms. The molecule has 2 heterocycles. The summed E-state index contributed by atoms with van der Waals surface area (Å²) >= 11 is 3.58. The standard InChI is InChI=1S/C11H15BrN2/c1-9-7-10(12)11(13-8-9)14-5-3-2-4-6-14/h7-8H,2-6H2,1H3. The molecule has 1 aliphatic rings. The van der Waals surface area contributed by atoms with Crippen LogP contribution in [-0.4, -0.2) is 18.1 Å². The quantitative estimate of drug-likeness (QED) is 0.766. The molecule has 0 saturated carbocycles. The molecule has 1 aromatic heterocycles. The van der Waals surface area contributed by atoms with Gasteiger partial charge in [-0.05, 0) is 53.7 Å². The number of nitrogens with zero attached hydrogens (tertiary/aromatic N) is 2. The molecule has 1 aromatic rings. The van der Waals surface area contributed by atoms with Crippen LogP contribution in [0, 0.1) is 6.92 Å². The summed E-state index contributed by atoms with van der Waals surface area (Å²) in [6, 6.07) is 2.14. The minimum absolute atomic E-state index is 1.11. The molecule has 0 atom stereocenters. The van der Waals surface area contributed by atoms with Crippen LogP contribution in [-0.2, 0) is 0 Å². The van der Waals surface area contributed by atoms with E-state index in [9.17, 15) is 0 Å². The molecule has 0 aromatic carbocycles. The Kier molecular flexibility index (Phi) is 3.06. The van der Waals surface area contributed by atoms with Crippen LogP contribution in [0.15, 0.2) is 16.7 Å². The number of anilines is 1. The van der Waals surface area contributed by atoms with E-state index in [1.54, 1.807) is 0 Å². The van der Waals surface area contributed by atoms with Gasteiger partial charge < -0.3 is 4.90 Å². The topological polar surface area (TPSA) is 16.1 Å². The molecule has 0 aliphatic carbocycles. The van der Waals surface area contributed by atoms with Crippen molar-refractivity contribution in [3.63, 3.8) is 0 Å². The first-order chi connectivity index (χ1) is 6.77. The number of hydrogen-bond acceptors (Lipinski definition) is 2. The molecule has 2 rings (SSSR count). The van der Waals surface area contributed by atoms with Crippen LogP contribution < -0.4 is 4.90 Å². The van der Waals surface area contributed by atoms with Gasteiger partial charge in [-0.3, -0.25) is 0 Å². The number of aromatic nitrogens is 1. The Bertz CT molecular complexity index is 319. The van der Waals surface area contributed by atoms with Crippen LogP contribution in [0.4, 0.5) is 5.82 Å². The monoisotopic (exact) mass is 254 g/mol. The highest BCUT2D eigenvalue weighted by Gasteiger charge is 2.14. The highest BCUT2D eigenvalue weighted by molar-refractivity contribution is 9.10. The van der Waals surface area contributed by atoms with Crippen molar-refractivity contribution in [3.05, 3.63) is 22.3 Å². The maximum Gasteiger partial charge on any atom is 0.142 e. The largest absolute Gasteiger partial charge is 0.356 e. The second kappa shape index (κ2) is 4.30. The van der Waals surface area contributed by atoms with Crippen LogP contribution in [0.1, 0.15) is 24.8 Å². The maximum absolute atomic E-state index is 4.48. The van der Waals surface area contributed by atoms with E-state index in [0.29, 0.717) is 0 Å². The first-order valence-electron chi connectivity index (χ1n) is 5.14. The van der Waals surface area contributed by atoms with E-state index in [4.69, 9.17) is 0 Å². The Morgan fingerprint density at radius 2 is 2.00 bits per heavy atom. The Morgan fingerprint density at radius 3 is 2.64 bits per heavy atom. The predicted molar refractivity (Wildman–Crippen MR) is 62.7 cm³/mol. The van der Waals surface area contributed by atoms with Gasteiger partial charge >= 0.3 is 0 Å². The number of aryl methyl sites for hydroxylation is 1.